The summed E-state index contributed by atoms with van der Waals surface area (Å²) in [6, 6.07) is 0. The van der Waals surface area contributed by atoms with Gasteiger partial charge >= 0.3 is 17.4 Å². The molecule has 0 saturated carbocycles. The Morgan fingerprint density at radius 1 is 0.421 bits per heavy atom. The number of hydrogen-bond donors (Lipinski definition) is 0. The van der Waals surface area contributed by atoms with Crippen LogP contribution in [0.25, 0.3) is 0 Å². The van der Waals surface area contributed by atoms with Gasteiger partial charge in [-0.15, -0.1) is 0 Å². The second-order valence-electron chi connectivity index (χ2n) is 0.671. The van der Waals surface area contributed by atoms with Crippen LogP contribution in [0.3, 0.4) is 0 Å². The summed E-state index contributed by atoms with van der Waals surface area (Å²) in [5, 5.41) is 44.2. The molecule has 0 aliphatic rings. The van der Waals surface area contributed by atoms with Crippen LogP contribution in [-0.4, -0.2) is 32.6 Å². The molecular weight excluding hydrogens is 309 g/mol. The minimum atomic E-state index is -1.75. The van der Waals surface area contributed by atoms with Crippen LogP contribution in [0.5, 0.6) is 0 Å². The van der Waals surface area contributed by atoms with Gasteiger partial charge in [-0.1, -0.05) is 0 Å². The van der Waals surface area contributed by atoms with Crippen LogP contribution < -0.4 is 0 Å². The molecule has 0 fully saturated rings. The minimum absolute atomic E-state index is 0. The molecule has 0 aromatic carbocycles. The van der Waals surface area contributed by atoms with E-state index < -0.39 is 15.3 Å². The standard InChI is InChI=1S/Al.3NO3.6H2O/c;3*2-1(3)4;;;;;;/h;;;;6*1H2/q+3;3*-1;;;;;;/p+6. The summed E-state index contributed by atoms with van der Waals surface area (Å²) in [7, 11) is 0. The van der Waals surface area contributed by atoms with Crippen LogP contribution in [0.15, 0.2) is 0 Å². The fourth-order valence-corrected chi connectivity index (χ4v) is 0. The molecule has 0 aliphatic heterocycles. The van der Waals surface area contributed by atoms with E-state index in [0.717, 1.165) is 0 Å². The fraction of sp³-hybridized carbons (Fsp3) is 0. The summed E-state index contributed by atoms with van der Waals surface area (Å²) in [6.07, 6.45) is 0. The maximum Gasteiger partial charge on any atom is 3.00 e. The normalized spacial score (nSPS) is 3.79. The largest absolute Gasteiger partial charge is 3.00 e. The molecule has 0 aromatic heterocycles. The zero-order chi connectivity index (χ0) is 10.7. The molecule has 19 heteroatoms. The zero-order valence-electron chi connectivity index (χ0n) is 9.06. The molecule has 0 atom stereocenters. The van der Waals surface area contributed by atoms with Crippen molar-refractivity contribution in [2.75, 3.05) is 0 Å². The minimum Gasteiger partial charge on any atom is -0.457 e. The van der Waals surface area contributed by atoms with Gasteiger partial charge in [-0.05, 0) is 0 Å². The van der Waals surface area contributed by atoms with Crippen molar-refractivity contribution in [2.45, 2.75) is 0 Å². The van der Waals surface area contributed by atoms with E-state index >= 15 is 0 Å². The number of rotatable bonds is 0. The van der Waals surface area contributed by atoms with E-state index in [9.17, 15) is 0 Å². The molecule has 0 bridgehead atoms. The van der Waals surface area contributed by atoms with Gasteiger partial charge in [-0.25, -0.2) is 0 Å². The smallest absolute Gasteiger partial charge is 0.457 e. The summed E-state index contributed by atoms with van der Waals surface area (Å²) >= 11 is 0. The van der Waals surface area contributed by atoms with Crippen LogP contribution in [0.4, 0.5) is 0 Å². The van der Waals surface area contributed by atoms with Gasteiger partial charge in [0.1, 0.15) is 0 Å². The van der Waals surface area contributed by atoms with Gasteiger partial charge in [-0.2, -0.15) is 0 Å². The topological polar surface area (TPSA) is 397 Å². The van der Waals surface area contributed by atoms with Gasteiger partial charge < -0.3 is 78.8 Å². The van der Waals surface area contributed by atoms with Crippen LogP contribution in [-0.2, 0) is 32.9 Å². The molecule has 0 rings (SSSR count). The Morgan fingerprint density at radius 2 is 0.421 bits per heavy atom. The third-order valence-corrected chi connectivity index (χ3v) is 0. The van der Waals surface area contributed by atoms with E-state index in [4.69, 9.17) is 46.0 Å². The molecule has 0 radical (unpaired) electrons. The van der Waals surface area contributed by atoms with E-state index in [1.165, 1.54) is 0 Å². The Bertz CT molecular complexity index is 115. The quantitative estimate of drug-likeness (QED) is 0.176. The third-order valence-electron chi connectivity index (χ3n) is 0. The molecule has 0 unspecified atom stereocenters. The molecule has 0 spiro atoms. The first kappa shape index (κ1) is 89.8. The van der Waals surface area contributed by atoms with Gasteiger partial charge in [0.2, 0.25) is 0 Å². The second-order valence-corrected chi connectivity index (χ2v) is 0.671. The summed E-state index contributed by atoms with van der Waals surface area (Å²) in [4.78, 5) is 24.8. The van der Waals surface area contributed by atoms with E-state index in [1.807, 2.05) is 0 Å². The molecule has 0 aromatic rings. The van der Waals surface area contributed by atoms with Gasteiger partial charge in [0.15, 0.2) is 0 Å². The van der Waals surface area contributed by atoms with E-state index in [2.05, 4.69) is 0 Å². The maximum atomic E-state index is 8.25. The average Bonchev–Trinajstić information content (AvgIpc) is 1.54. The molecule has 120 valence electrons. The molecule has 0 amide bonds. The van der Waals surface area contributed by atoms with Gasteiger partial charge in [0, 0.05) is 0 Å². The summed E-state index contributed by atoms with van der Waals surface area (Å²) in [5.74, 6) is 0. The van der Waals surface area contributed by atoms with Crippen molar-refractivity contribution in [3.8, 4) is 0 Å². The van der Waals surface area contributed by atoms with Crippen molar-refractivity contribution in [1.82, 2.24) is 0 Å². The summed E-state index contributed by atoms with van der Waals surface area (Å²) in [5.41, 5.74) is 0. The number of hydrogen-bond acceptors (Lipinski definition) is 9. The van der Waals surface area contributed by atoms with Gasteiger partial charge in [0.25, 0.3) is 0 Å². The summed E-state index contributed by atoms with van der Waals surface area (Å²) in [6.45, 7) is 0. The van der Waals surface area contributed by atoms with Crippen molar-refractivity contribution in [3.63, 3.8) is 0 Å². The first-order chi connectivity index (χ1) is 5.20. The molecule has 19 heavy (non-hydrogen) atoms. The van der Waals surface area contributed by atoms with Crippen molar-refractivity contribution < 1.29 is 48.1 Å². The monoisotopic (exact) mass is 327 g/mol. The van der Waals surface area contributed by atoms with Gasteiger partial charge in [0.05, 0.1) is 15.3 Å². The van der Waals surface area contributed by atoms with Crippen molar-refractivity contribution >= 4 is 17.4 Å². The Balaban J connectivity index is -0.00000000675. The van der Waals surface area contributed by atoms with Crippen LogP contribution >= 0.6 is 0 Å². The molecule has 0 heterocycles. The first-order valence-corrected chi connectivity index (χ1v) is 1.64. The van der Waals surface area contributed by atoms with E-state index in [-0.39, 0.29) is 50.2 Å². The SMILES string of the molecule is O=[N+]([O-])[O-].O=[N+]([O-])[O-].O=[N+]([O-])[O-].[Al+3].[OH3+].[OH3+].[OH3+].[OH3+].[OH3+].[OH3+]. The Hall–Kier alpha value is -2.11. The number of nitrogens with zero attached hydrogens (tertiary/aromatic N) is 3. The molecular formula is H18AlN3O15+6. The van der Waals surface area contributed by atoms with Gasteiger partial charge in [-0.3, -0.25) is 0 Å². The molecule has 0 aliphatic carbocycles. The van der Waals surface area contributed by atoms with E-state index in [1.54, 1.807) is 0 Å². The summed E-state index contributed by atoms with van der Waals surface area (Å²) < 4.78 is 0. The predicted molar refractivity (Wildman–Crippen MR) is 66.1 cm³/mol. The van der Waals surface area contributed by atoms with Crippen molar-refractivity contribution in [3.05, 3.63) is 46.0 Å². The van der Waals surface area contributed by atoms with Crippen LogP contribution in [0, 0.1) is 46.0 Å². The zero-order valence-corrected chi connectivity index (χ0v) is 10.2. The third kappa shape index (κ3) is 691. The molecule has 0 saturated heterocycles. The predicted octanol–water partition coefficient (Wildman–Crippen LogP) is -6.63. The van der Waals surface area contributed by atoms with Crippen LogP contribution in [0.1, 0.15) is 0 Å². The fourth-order valence-electron chi connectivity index (χ4n) is 0. The molecule has 18 nitrogen and oxygen atoms in total. The van der Waals surface area contributed by atoms with Crippen LogP contribution in [0.2, 0.25) is 0 Å². The Labute approximate surface area is 112 Å². The first-order valence-electron chi connectivity index (χ1n) is 1.64. The molecule has 18 N–H and O–H groups in total. The van der Waals surface area contributed by atoms with E-state index in [0.29, 0.717) is 0 Å². The van der Waals surface area contributed by atoms with Crippen molar-refractivity contribution in [2.24, 2.45) is 0 Å². The maximum absolute atomic E-state index is 8.25. The Morgan fingerprint density at radius 3 is 0.421 bits per heavy atom. The average molecular weight is 327 g/mol. The van der Waals surface area contributed by atoms with Crippen molar-refractivity contribution in [1.29, 1.82) is 0 Å². The Kier molecular flexibility index (Phi) is 351. The second kappa shape index (κ2) is 74.2.